The van der Waals surface area contributed by atoms with Crippen molar-refractivity contribution in [3.8, 4) is 0 Å². The molecule has 0 spiro atoms. The van der Waals surface area contributed by atoms with Crippen molar-refractivity contribution in [1.82, 2.24) is 9.88 Å². The molecule has 0 aliphatic rings. The molecule has 4 heteroatoms. The number of hydrogen-bond donors (Lipinski definition) is 0. The van der Waals surface area contributed by atoms with E-state index in [1.54, 1.807) is 6.20 Å². The van der Waals surface area contributed by atoms with Gasteiger partial charge in [-0.2, -0.15) is 0 Å². The largest absolute Gasteiger partial charge is 0.366 e. The molecule has 0 unspecified atom stereocenters. The Morgan fingerprint density at radius 3 is 2.67 bits per heavy atom. The van der Waals surface area contributed by atoms with Gasteiger partial charge in [-0.15, -0.1) is 0 Å². The number of amidine groups is 1. The molecule has 0 aliphatic heterocycles. The van der Waals surface area contributed by atoms with Crippen LogP contribution in [0.4, 0.5) is 0 Å². The number of hydrogen-bond acceptors (Lipinski definition) is 2. The summed E-state index contributed by atoms with van der Waals surface area (Å²) in [7, 11) is 3.88. The summed E-state index contributed by atoms with van der Waals surface area (Å²) in [5.41, 5.74) is 1.84. The normalized spacial score (nSPS) is 11.3. The predicted molar refractivity (Wildman–Crippen MR) is 67.5 cm³/mol. The fourth-order valence-electron chi connectivity index (χ4n) is 1.02. The third-order valence-electron chi connectivity index (χ3n) is 2.15. The van der Waals surface area contributed by atoms with E-state index in [1.807, 2.05) is 45.0 Å². The molecule has 1 rings (SSSR count). The third kappa shape index (κ3) is 3.09. The van der Waals surface area contributed by atoms with Crippen molar-refractivity contribution in [2.75, 3.05) is 14.1 Å². The number of aromatic nitrogens is 1. The van der Waals surface area contributed by atoms with E-state index in [2.05, 4.69) is 9.98 Å². The highest BCUT2D eigenvalue weighted by atomic mass is 32.1. The van der Waals surface area contributed by atoms with Gasteiger partial charge in [-0.05, 0) is 26.0 Å². The van der Waals surface area contributed by atoms with Crippen LogP contribution in [0.15, 0.2) is 23.3 Å². The highest BCUT2D eigenvalue weighted by molar-refractivity contribution is 7.80. The zero-order valence-corrected chi connectivity index (χ0v) is 10.3. The summed E-state index contributed by atoms with van der Waals surface area (Å²) >= 11 is 5.25. The Hall–Kier alpha value is -1.29. The Balaban J connectivity index is 2.97. The fourth-order valence-corrected chi connectivity index (χ4v) is 1.37. The highest BCUT2D eigenvalue weighted by Crippen LogP contribution is 2.07. The molecule has 80 valence electrons. The van der Waals surface area contributed by atoms with E-state index in [0.29, 0.717) is 4.99 Å². The van der Waals surface area contributed by atoms with Crippen molar-refractivity contribution in [2.24, 2.45) is 4.99 Å². The van der Waals surface area contributed by atoms with Gasteiger partial charge in [-0.25, -0.2) is 4.99 Å². The Morgan fingerprint density at radius 2 is 2.13 bits per heavy atom. The Labute approximate surface area is 95.9 Å². The van der Waals surface area contributed by atoms with E-state index >= 15 is 0 Å². The van der Waals surface area contributed by atoms with Crippen LogP contribution in [0.3, 0.4) is 0 Å². The van der Waals surface area contributed by atoms with Gasteiger partial charge in [-0.3, -0.25) is 4.98 Å². The number of thiocarbonyl (C=S) groups is 1. The number of aryl methyl sites for hydroxylation is 1. The van der Waals surface area contributed by atoms with Crippen molar-refractivity contribution < 1.29 is 0 Å². The zero-order valence-electron chi connectivity index (χ0n) is 9.48. The summed E-state index contributed by atoms with van der Waals surface area (Å²) in [4.78, 5) is 11.0. The average Bonchev–Trinajstić information content (AvgIpc) is 2.18. The van der Waals surface area contributed by atoms with Gasteiger partial charge in [0.15, 0.2) is 0 Å². The fraction of sp³-hybridized carbons (Fsp3) is 0.364. The molecule has 0 radical (unpaired) electrons. The van der Waals surface area contributed by atoms with E-state index in [4.69, 9.17) is 12.2 Å². The maximum atomic E-state index is 5.25. The van der Waals surface area contributed by atoms with E-state index in [1.165, 1.54) is 0 Å². The first-order valence-corrected chi connectivity index (χ1v) is 5.11. The van der Waals surface area contributed by atoms with Crippen LogP contribution in [-0.4, -0.2) is 34.8 Å². The van der Waals surface area contributed by atoms with Crippen LogP contribution >= 0.6 is 12.2 Å². The van der Waals surface area contributed by atoms with Crippen LogP contribution in [-0.2, 0) is 0 Å². The SMILES string of the molecule is C/C(=N\C(=S)c1cccnc1C)N(C)C. The Kier molecular flexibility index (Phi) is 3.91. The Bertz CT molecular complexity index is 397. The molecule has 0 aromatic carbocycles. The minimum absolute atomic E-state index is 0.590. The number of aliphatic imine (C=N–C) groups is 1. The van der Waals surface area contributed by atoms with Crippen LogP contribution in [0.5, 0.6) is 0 Å². The summed E-state index contributed by atoms with van der Waals surface area (Å²) in [6.45, 7) is 3.86. The van der Waals surface area contributed by atoms with Gasteiger partial charge in [0.2, 0.25) is 0 Å². The van der Waals surface area contributed by atoms with Gasteiger partial charge in [0, 0.05) is 31.5 Å². The minimum atomic E-state index is 0.590. The molecule has 0 atom stereocenters. The smallest absolute Gasteiger partial charge is 0.137 e. The third-order valence-corrected chi connectivity index (χ3v) is 2.46. The van der Waals surface area contributed by atoms with Gasteiger partial charge in [-0.1, -0.05) is 12.2 Å². The summed E-state index contributed by atoms with van der Waals surface area (Å²) in [6.07, 6.45) is 1.75. The molecular formula is C11H15N3S. The molecule has 0 aliphatic carbocycles. The lowest BCUT2D eigenvalue weighted by atomic mass is 10.2. The highest BCUT2D eigenvalue weighted by Gasteiger charge is 2.04. The van der Waals surface area contributed by atoms with Gasteiger partial charge < -0.3 is 4.90 Å². The molecule has 0 saturated heterocycles. The molecule has 15 heavy (non-hydrogen) atoms. The lowest BCUT2D eigenvalue weighted by molar-refractivity contribution is 0.620. The van der Waals surface area contributed by atoms with E-state index in [9.17, 15) is 0 Å². The monoisotopic (exact) mass is 221 g/mol. The first-order valence-electron chi connectivity index (χ1n) is 4.71. The lowest BCUT2D eigenvalue weighted by Gasteiger charge is -2.11. The second-order valence-corrected chi connectivity index (χ2v) is 3.88. The van der Waals surface area contributed by atoms with Crippen LogP contribution in [0.2, 0.25) is 0 Å². The molecule has 0 saturated carbocycles. The lowest BCUT2D eigenvalue weighted by Crippen LogP contribution is -2.19. The van der Waals surface area contributed by atoms with Gasteiger partial charge in [0.25, 0.3) is 0 Å². The standard InChI is InChI=1S/C11H15N3S/c1-8-10(6-5-7-12-8)11(15)13-9(2)14(3)4/h5-7H,1-4H3/b13-9+. The van der Waals surface area contributed by atoms with Crippen LogP contribution in [0, 0.1) is 6.92 Å². The first kappa shape index (κ1) is 11.8. The quantitative estimate of drug-likeness (QED) is 0.413. The number of nitrogens with zero attached hydrogens (tertiary/aromatic N) is 3. The maximum Gasteiger partial charge on any atom is 0.137 e. The summed E-state index contributed by atoms with van der Waals surface area (Å²) in [6, 6.07) is 3.81. The summed E-state index contributed by atoms with van der Waals surface area (Å²) < 4.78 is 0. The summed E-state index contributed by atoms with van der Waals surface area (Å²) in [5.74, 6) is 0.892. The van der Waals surface area contributed by atoms with Crippen LogP contribution in [0.1, 0.15) is 18.2 Å². The molecule has 0 amide bonds. The predicted octanol–water partition coefficient (Wildman–Crippen LogP) is 2.05. The van der Waals surface area contributed by atoms with Gasteiger partial charge in [0.05, 0.1) is 0 Å². The first-order chi connectivity index (χ1) is 7.02. The molecule has 3 nitrogen and oxygen atoms in total. The molecule has 1 heterocycles. The molecule has 0 fully saturated rings. The number of pyridine rings is 1. The Morgan fingerprint density at radius 1 is 1.47 bits per heavy atom. The van der Waals surface area contributed by atoms with E-state index in [0.717, 1.165) is 17.1 Å². The molecule has 0 bridgehead atoms. The van der Waals surface area contributed by atoms with Crippen LogP contribution < -0.4 is 0 Å². The van der Waals surface area contributed by atoms with Crippen molar-refractivity contribution in [3.05, 3.63) is 29.6 Å². The minimum Gasteiger partial charge on any atom is -0.366 e. The second kappa shape index (κ2) is 4.98. The van der Waals surface area contributed by atoms with Crippen molar-refractivity contribution in [1.29, 1.82) is 0 Å². The van der Waals surface area contributed by atoms with E-state index < -0.39 is 0 Å². The molecular weight excluding hydrogens is 206 g/mol. The molecule has 1 aromatic rings. The van der Waals surface area contributed by atoms with Crippen molar-refractivity contribution >= 4 is 23.0 Å². The molecule has 1 aromatic heterocycles. The van der Waals surface area contributed by atoms with Crippen molar-refractivity contribution in [2.45, 2.75) is 13.8 Å². The second-order valence-electron chi connectivity index (χ2n) is 3.49. The number of rotatable bonds is 1. The average molecular weight is 221 g/mol. The van der Waals surface area contributed by atoms with E-state index in [-0.39, 0.29) is 0 Å². The van der Waals surface area contributed by atoms with Crippen molar-refractivity contribution in [3.63, 3.8) is 0 Å². The van der Waals surface area contributed by atoms with Crippen LogP contribution in [0.25, 0.3) is 0 Å². The maximum absolute atomic E-state index is 5.25. The molecule has 0 N–H and O–H groups in total. The van der Waals surface area contributed by atoms with Gasteiger partial charge in [0.1, 0.15) is 10.8 Å². The zero-order chi connectivity index (χ0) is 11.4. The summed E-state index contributed by atoms with van der Waals surface area (Å²) in [5, 5.41) is 0. The topological polar surface area (TPSA) is 28.5 Å². The van der Waals surface area contributed by atoms with Gasteiger partial charge >= 0.3 is 0 Å².